The number of ether oxygens (including phenoxy) is 2. The Morgan fingerprint density at radius 3 is 2.20 bits per heavy atom. The minimum absolute atomic E-state index is 0.269. The average Bonchev–Trinajstić information content (AvgIpc) is 3.29. The predicted molar refractivity (Wildman–Crippen MR) is 118 cm³/mol. The van der Waals surface area contributed by atoms with E-state index in [1.807, 2.05) is 24.3 Å². The van der Waals surface area contributed by atoms with E-state index >= 15 is 0 Å². The molecule has 0 aliphatic heterocycles. The van der Waals surface area contributed by atoms with Gasteiger partial charge in [0.25, 0.3) is 0 Å². The van der Waals surface area contributed by atoms with Crippen LogP contribution in [-0.2, 0) is 15.6 Å². The molecular formula is C21H19N3O4S2. The first-order chi connectivity index (χ1) is 14.5. The molecule has 0 amide bonds. The van der Waals surface area contributed by atoms with Crippen molar-refractivity contribution in [2.75, 3.05) is 19.5 Å². The first-order valence-corrected chi connectivity index (χ1v) is 11.5. The van der Waals surface area contributed by atoms with E-state index in [9.17, 15) is 8.42 Å². The number of fused-ring (bicyclic) bond motifs is 1. The molecule has 4 aromatic rings. The van der Waals surface area contributed by atoms with Crippen molar-refractivity contribution in [1.82, 2.24) is 9.97 Å². The second kappa shape index (κ2) is 8.29. The van der Waals surface area contributed by atoms with Gasteiger partial charge in [-0.2, -0.15) is 0 Å². The third kappa shape index (κ3) is 4.22. The molecule has 4 rings (SSSR count). The summed E-state index contributed by atoms with van der Waals surface area (Å²) in [6.45, 7) is 0. The van der Waals surface area contributed by atoms with E-state index in [4.69, 9.17) is 9.47 Å². The van der Waals surface area contributed by atoms with E-state index in [1.165, 1.54) is 11.3 Å². The van der Waals surface area contributed by atoms with Gasteiger partial charge in [0.05, 0.1) is 30.9 Å². The molecule has 0 atom stereocenters. The Morgan fingerprint density at radius 2 is 1.60 bits per heavy atom. The molecule has 0 fully saturated rings. The summed E-state index contributed by atoms with van der Waals surface area (Å²) in [6, 6.07) is 15.9. The molecule has 30 heavy (non-hydrogen) atoms. The zero-order valence-electron chi connectivity index (χ0n) is 16.3. The number of sulfone groups is 1. The lowest BCUT2D eigenvalue weighted by molar-refractivity contribution is 0.395. The van der Waals surface area contributed by atoms with Gasteiger partial charge in [0.15, 0.2) is 15.7 Å². The minimum atomic E-state index is -3.55. The highest BCUT2D eigenvalue weighted by Gasteiger charge is 2.21. The monoisotopic (exact) mass is 441 g/mol. The van der Waals surface area contributed by atoms with E-state index in [-0.39, 0.29) is 5.75 Å². The van der Waals surface area contributed by atoms with Crippen molar-refractivity contribution in [3.05, 3.63) is 65.7 Å². The van der Waals surface area contributed by atoms with Crippen molar-refractivity contribution in [2.45, 2.75) is 9.96 Å². The van der Waals surface area contributed by atoms with E-state index in [0.29, 0.717) is 43.9 Å². The van der Waals surface area contributed by atoms with Gasteiger partial charge in [-0.15, -0.1) is 11.3 Å². The summed E-state index contributed by atoms with van der Waals surface area (Å²) in [4.78, 5) is 9.22. The molecule has 9 heteroatoms. The van der Waals surface area contributed by atoms with Crippen molar-refractivity contribution in [3.8, 4) is 11.5 Å². The van der Waals surface area contributed by atoms with Crippen LogP contribution >= 0.6 is 11.3 Å². The summed E-state index contributed by atoms with van der Waals surface area (Å²) < 4.78 is 36.7. The lowest BCUT2D eigenvalue weighted by Gasteiger charge is -2.14. The van der Waals surface area contributed by atoms with Crippen LogP contribution in [0.2, 0.25) is 0 Å². The zero-order chi connectivity index (χ0) is 21.1. The number of methoxy groups -OCH3 is 2. The fourth-order valence-corrected chi connectivity index (χ4v) is 5.31. The van der Waals surface area contributed by atoms with Gasteiger partial charge in [0, 0.05) is 23.9 Å². The molecule has 0 saturated carbocycles. The van der Waals surface area contributed by atoms with Crippen molar-refractivity contribution in [2.24, 2.45) is 0 Å². The highest BCUT2D eigenvalue weighted by Crippen LogP contribution is 2.30. The van der Waals surface area contributed by atoms with Crippen molar-refractivity contribution in [1.29, 1.82) is 0 Å². The molecule has 0 aliphatic rings. The molecule has 7 nitrogen and oxygen atoms in total. The normalized spacial score (nSPS) is 11.4. The molecule has 0 bridgehead atoms. The van der Waals surface area contributed by atoms with Crippen LogP contribution in [0.15, 0.2) is 64.2 Å². The molecule has 0 spiro atoms. The molecular weight excluding hydrogens is 422 g/mol. The average molecular weight is 442 g/mol. The van der Waals surface area contributed by atoms with Crippen molar-refractivity contribution < 1.29 is 17.9 Å². The van der Waals surface area contributed by atoms with Crippen molar-refractivity contribution in [3.63, 3.8) is 0 Å². The first kappa shape index (κ1) is 20.1. The van der Waals surface area contributed by atoms with Crippen LogP contribution in [0.5, 0.6) is 11.5 Å². The third-order valence-electron chi connectivity index (χ3n) is 4.39. The molecule has 0 aliphatic carbocycles. The molecule has 1 N–H and O–H groups in total. The fourth-order valence-electron chi connectivity index (χ4n) is 2.95. The highest BCUT2D eigenvalue weighted by atomic mass is 32.2. The van der Waals surface area contributed by atoms with Gasteiger partial charge in [-0.05, 0) is 23.6 Å². The van der Waals surface area contributed by atoms with Crippen LogP contribution < -0.4 is 14.8 Å². The van der Waals surface area contributed by atoms with E-state index in [2.05, 4.69) is 15.3 Å². The Bertz CT molecular complexity index is 1270. The summed E-state index contributed by atoms with van der Waals surface area (Å²) >= 11 is 1.18. The zero-order valence-corrected chi connectivity index (χ0v) is 18.0. The number of thiophene rings is 1. The van der Waals surface area contributed by atoms with Crippen LogP contribution in [0.1, 0.15) is 5.69 Å². The third-order valence-corrected chi connectivity index (χ3v) is 7.50. The number of nitrogens with one attached hydrogen (secondary N) is 1. The van der Waals surface area contributed by atoms with Gasteiger partial charge in [-0.25, -0.2) is 18.4 Å². The number of rotatable bonds is 7. The maximum absolute atomic E-state index is 12.9. The number of anilines is 2. The molecule has 0 saturated heterocycles. The predicted octanol–water partition coefficient (Wildman–Crippen LogP) is 4.43. The Labute approximate surface area is 178 Å². The largest absolute Gasteiger partial charge is 0.497 e. The van der Waals surface area contributed by atoms with Crippen molar-refractivity contribution >= 4 is 43.7 Å². The second-order valence-electron chi connectivity index (χ2n) is 6.43. The smallest absolute Gasteiger partial charge is 0.193 e. The Morgan fingerprint density at radius 1 is 0.933 bits per heavy atom. The second-order valence-corrected chi connectivity index (χ2v) is 9.59. The molecule has 2 heterocycles. The SMILES string of the molecule is COc1cc(Nc2nc3ccccc3nc2CS(=O)(=O)c2cccs2)cc(OC)c1. The topological polar surface area (TPSA) is 90.4 Å². The quantitative estimate of drug-likeness (QED) is 0.454. The highest BCUT2D eigenvalue weighted by molar-refractivity contribution is 7.92. The Hall–Kier alpha value is -3.17. The number of nitrogens with zero attached hydrogens (tertiary/aromatic N) is 2. The van der Waals surface area contributed by atoms with Gasteiger partial charge in [0.1, 0.15) is 21.5 Å². The van der Waals surface area contributed by atoms with Gasteiger partial charge < -0.3 is 14.8 Å². The number of hydrogen-bond acceptors (Lipinski definition) is 8. The summed E-state index contributed by atoms with van der Waals surface area (Å²) in [5.41, 5.74) is 2.27. The van der Waals surface area contributed by atoms with Gasteiger partial charge >= 0.3 is 0 Å². The summed E-state index contributed by atoms with van der Waals surface area (Å²) in [7, 11) is -0.427. The Kier molecular flexibility index (Phi) is 5.56. The number of hydrogen-bond donors (Lipinski definition) is 1. The summed E-state index contributed by atoms with van der Waals surface area (Å²) in [5.74, 6) is 1.29. The molecule has 0 unspecified atom stereocenters. The standard InChI is InChI=1S/C21H19N3O4S2/c1-27-15-10-14(11-16(12-15)28-2)22-21-19(13-30(25,26)20-8-5-9-29-20)23-17-6-3-4-7-18(17)24-21/h3-12H,13H2,1-2H3,(H,22,24). The first-order valence-electron chi connectivity index (χ1n) is 9.00. The lowest BCUT2D eigenvalue weighted by Crippen LogP contribution is -2.09. The maximum Gasteiger partial charge on any atom is 0.193 e. The van der Waals surface area contributed by atoms with E-state index in [1.54, 1.807) is 49.9 Å². The van der Waals surface area contributed by atoms with Gasteiger partial charge in [-0.1, -0.05) is 18.2 Å². The summed E-state index contributed by atoms with van der Waals surface area (Å²) in [6.07, 6.45) is 0. The van der Waals surface area contributed by atoms with Gasteiger partial charge in [-0.3, -0.25) is 0 Å². The lowest BCUT2D eigenvalue weighted by atomic mass is 10.2. The van der Waals surface area contributed by atoms with Crippen LogP contribution in [0.4, 0.5) is 11.5 Å². The molecule has 2 aromatic heterocycles. The maximum atomic E-state index is 12.9. The van der Waals surface area contributed by atoms with E-state index < -0.39 is 9.84 Å². The van der Waals surface area contributed by atoms with Crippen LogP contribution in [0.25, 0.3) is 11.0 Å². The molecule has 0 radical (unpaired) electrons. The minimum Gasteiger partial charge on any atom is -0.497 e. The number of benzene rings is 2. The van der Waals surface area contributed by atoms with Crippen LogP contribution in [0.3, 0.4) is 0 Å². The van der Waals surface area contributed by atoms with Crippen LogP contribution in [-0.4, -0.2) is 32.6 Å². The number of para-hydroxylation sites is 2. The number of aromatic nitrogens is 2. The fraction of sp³-hybridized carbons (Fsp3) is 0.143. The van der Waals surface area contributed by atoms with E-state index in [0.717, 1.165) is 0 Å². The van der Waals surface area contributed by atoms with Crippen LogP contribution in [0, 0.1) is 0 Å². The molecule has 2 aromatic carbocycles. The summed E-state index contributed by atoms with van der Waals surface area (Å²) in [5, 5.41) is 4.92. The molecule has 154 valence electrons. The van der Waals surface area contributed by atoms with Gasteiger partial charge in [0.2, 0.25) is 0 Å². The Balaban J connectivity index is 1.79.